The van der Waals surface area contributed by atoms with E-state index in [-0.39, 0.29) is 5.92 Å². The molecular weight excluding hydrogens is 260 g/mol. The van der Waals surface area contributed by atoms with Gasteiger partial charge in [0.2, 0.25) is 11.7 Å². The van der Waals surface area contributed by atoms with E-state index in [2.05, 4.69) is 15.1 Å². The normalized spacial score (nSPS) is 22.9. The third-order valence-corrected chi connectivity index (χ3v) is 3.89. The summed E-state index contributed by atoms with van der Waals surface area (Å²) in [6.07, 6.45) is 6.71. The second-order valence-electron chi connectivity index (χ2n) is 5.18. The van der Waals surface area contributed by atoms with Crippen molar-refractivity contribution < 1.29 is 14.4 Å². The van der Waals surface area contributed by atoms with Crippen LogP contribution in [0.15, 0.2) is 17.0 Å². The number of rotatable bonds is 3. The molecule has 2 atom stereocenters. The predicted molar refractivity (Wildman–Crippen MR) is 68.8 cm³/mol. The van der Waals surface area contributed by atoms with Gasteiger partial charge >= 0.3 is 5.97 Å². The smallest absolute Gasteiger partial charge is 0.307 e. The van der Waals surface area contributed by atoms with Gasteiger partial charge in [0.15, 0.2) is 0 Å². The predicted octanol–water partition coefficient (Wildman–Crippen LogP) is 1.83. The highest BCUT2D eigenvalue weighted by molar-refractivity contribution is 5.71. The Morgan fingerprint density at radius 2 is 2.25 bits per heavy atom. The van der Waals surface area contributed by atoms with Gasteiger partial charge in [-0.25, -0.2) is 4.98 Å². The molecule has 0 radical (unpaired) electrons. The zero-order chi connectivity index (χ0) is 14.1. The lowest BCUT2D eigenvalue weighted by Crippen LogP contribution is -2.25. The van der Waals surface area contributed by atoms with Crippen LogP contribution < -0.4 is 0 Å². The summed E-state index contributed by atoms with van der Waals surface area (Å²) in [6.45, 7) is 0. The van der Waals surface area contributed by atoms with Crippen LogP contribution in [0.25, 0.3) is 11.5 Å². The van der Waals surface area contributed by atoms with Crippen molar-refractivity contribution in [3.8, 4) is 11.5 Å². The summed E-state index contributed by atoms with van der Waals surface area (Å²) >= 11 is 0. The molecule has 7 nitrogen and oxygen atoms in total. The number of aliphatic carboxylic acids is 1. The first-order chi connectivity index (χ1) is 9.66. The molecule has 20 heavy (non-hydrogen) atoms. The van der Waals surface area contributed by atoms with E-state index >= 15 is 0 Å². The zero-order valence-corrected chi connectivity index (χ0v) is 11.2. The average Bonchev–Trinajstić information content (AvgIpc) is 3.07. The summed E-state index contributed by atoms with van der Waals surface area (Å²) in [5, 5.41) is 13.2. The van der Waals surface area contributed by atoms with Crippen molar-refractivity contribution >= 4 is 5.97 Å². The molecule has 7 heteroatoms. The fourth-order valence-electron chi connectivity index (χ4n) is 2.78. The highest BCUT2D eigenvalue weighted by atomic mass is 16.5. The van der Waals surface area contributed by atoms with Crippen molar-refractivity contribution in [3.63, 3.8) is 0 Å². The lowest BCUT2D eigenvalue weighted by Gasteiger charge is -2.25. The van der Waals surface area contributed by atoms with E-state index < -0.39 is 11.9 Å². The first kappa shape index (κ1) is 12.8. The fourth-order valence-corrected chi connectivity index (χ4v) is 2.78. The van der Waals surface area contributed by atoms with Crippen LogP contribution in [0.1, 0.15) is 37.5 Å². The maximum absolute atomic E-state index is 11.3. The molecule has 3 rings (SSSR count). The van der Waals surface area contributed by atoms with Gasteiger partial charge < -0.3 is 14.2 Å². The molecule has 0 bridgehead atoms. The maximum Gasteiger partial charge on any atom is 0.307 e. The summed E-state index contributed by atoms with van der Waals surface area (Å²) in [7, 11) is 1.85. The zero-order valence-electron chi connectivity index (χ0n) is 11.2. The van der Waals surface area contributed by atoms with Gasteiger partial charge in [0.25, 0.3) is 0 Å². The van der Waals surface area contributed by atoms with Crippen molar-refractivity contribution in [2.75, 3.05) is 0 Å². The molecule has 1 N–H and O–H groups in total. The van der Waals surface area contributed by atoms with E-state index in [1.807, 2.05) is 7.05 Å². The van der Waals surface area contributed by atoms with Gasteiger partial charge in [-0.1, -0.05) is 18.0 Å². The Morgan fingerprint density at radius 1 is 1.45 bits per heavy atom. The lowest BCUT2D eigenvalue weighted by atomic mass is 9.79. The molecule has 106 valence electrons. The largest absolute Gasteiger partial charge is 0.481 e. The Bertz CT molecular complexity index is 619. The van der Waals surface area contributed by atoms with Gasteiger partial charge in [0, 0.05) is 7.05 Å². The van der Waals surface area contributed by atoms with Gasteiger partial charge in [0.05, 0.1) is 24.4 Å². The Morgan fingerprint density at radius 3 is 2.95 bits per heavy atom. The van der Waals surface area contributed by atoms with E-state index in [0.29, 0.717) is 18.1 Å². The molecule has 1 aliphatic carbocycles. The van der Waals surface area contributed by atoms with E-state index in [1.165, 1.54) is 0 Å². The Balaban J connectivity index is 1.89. The van der Waals surface area contributed by atoms with Crippen LogP contribution in [0.2, 0.25) is 0 Å². The highest BCUT2D eigenvalue weighted by Gasteiger charge is 2.35. The van der Waals surface area contributed by atoms with Crippen LogP contribution in [-0.2, 0) is 11.8 Å². The number of aromatic nitrogens is 4. The molecule has 0 saturated heterocycles. The molecule has 2 unspecified atom stereocenters. The summed E-state index contributed by atoms with van der Waals surface area (Å²) in [5.74, 6) is -0.516. The number of hydrogen-bond acceptors (Lipinski definition) is 5. The molecule has 2 aromatic rings. The van der Waals surface area contributed by atoms with Crippen LogP contribution in [0.3, 0.4) is 0 Å². The van der Waals surface area contributed by atoms with Gasteiger partial charge in [-0.3, -0.25) is 4.79 Å². The lowest BCUT2D eigenvalue weighted by molar-refractivity contribution is -0.143. The number of imidazole rings is 1. The van der Waals surface area contributed by atoms with Crippen LogP contribution in [0, 0.1) is 5.92 Å². The number of carbonyl (C=O) groups is 1. The first-order valence-corrected chi connectivity index (χ1v) is 6.70. The standard InChI is InChI=1S/C13H16N4O3/c1-17-7-14-6-10(17)11-15-12(20-16-11)8-4-2-3-5-9(8)13(18)19/h6-9H,2-5H2,1H3,(H,18,19). The van der Waals surface area contributed by atoms with Crippen molar-refractivity contribution in [1.29, 1.82) is 0 Å². The molecule has 1 fully saturated rings. The molecule has 0 spiro atoms. The second-order valence-corrected chi connectivity index (χ2v) is 5.18. The minimum Gasteiger partial charge on any atom is -0.481 e. The van der Waals surface area contributed by atoms with Gasteiger partial charge in [0.1, 0.15) is 5.69 Å². The maximum atomic E-state index is 11.3. The van der Waals surface area contributed by atoms with Crippen molar-refractivity contribution in [2.45, 2.75) is 31.6 Å². The molecular formula is C13H16N4O3. The first-order valence-electron chi connectivity index (χ1n) is 6.70. The fraction of sp³-hybridized carbons (Fsp3) is 0.538. The summed E-state index contributed by atoms with van der Waals surface area (Å²) in [4.78, 5) is 19.7. The van der Waals surface area contributed by atoms with Crippen LogP contribution in [-0.4, -0.2) is 30.8 Å². The third-order valence-electron chi connectivity index (χ3n) is 3.89. The minimum absolute atomic E-state index is 0.185. The van der Waals surface area contributed by atoms with Crippen LogP contribution in [0.5, 0.6) is 0 Å². The van der Waals surface area contributed by atoms with Crippen LogP contribution >= 0.6 is 0 Å². The number of carboxylic acids is 1. The third kappa shape index (κ3) is 2.19. The summed E-state index contributed by atoms with van der Waals surface area (Å²) in [6, 6.07) is 0. The van der Waals surface area contributed by atoms with Crippen molar-refractivity contribution in [3.05, 3.63) is 18.4 Å². The molecule has 1 aliphatic rings. The van der Waals surface area contributed by atoms with Gasteiger partial charge in [-0.15, -0.1) is 0 Å². The quantitative estimate of drug-likeness (QED) is 0.919. The SMILES string of the molecule is Cn1cncc1-c1noc(C2CCCCC2C(=O)O)n1. The van der Waals surface area contributed by atoms with Crippen LogP contribution in [0.4, 0.5) is 0 Å². The van der Waals surface area contributed by atoms with E-state index in [9.17, 15) is 9.90 Å². The second kappa shape index (κ2) is 5.07. The van der Waals surface area contributed by atoms with Crippen molar-refractivity contribution in [2.24, 2.45) is 13.0 Å². The highest BCUT2D eigenvalue weighted by Crippen LogP contribution is 2.37. The van der Waals surface area contributed by atoms with Gasteiger partial charge in [-0.05, 0) is 12.8 Å². The average molecular weight is 276 g/mol. The monoisotopic (exact) mass is 276 g/mol. The summed E-state index contributed by atoms with van der Waals surface area (Å²) < 4.78 is 7.09. The molecule has 2 aromatic heterocycles. The number of nitrogens with zero attached hydrogens (tertiary/aromatic N) is 4. The number of carboxylic acid groups (broad SMARTS) is 1. The Hall–Kier alpha value is -2.18. The van der Waals surface area contributed by atoms with Crippen molar-refractivity contribution in [1.82, 2.24) is 19.7 Å². The molecule has 0 aromatic carbocycles. The number of aryl methyl sites for hydroxylation is 1. The van der Waals surface area contributed by atoms with Gasteiger partial charge in [-0.2, -0.15) is 4.98 Å². The Kier molecular flexibility index (Phi) is 3.25. The molecule has 2 heterocycles. The topological polar surface area (TPSA) is 94.0 Å². The van der Waals surface area contributed by atoms with E-state index in [4.69, 9.17) is 4.52 Å². The molecule has 0 aliphatic heterocycles. The molecule has 1 saturated carbocycles. The Labute approximate surface area is 115 Å². The van der Waals surface area contributed by atoms with E-state index in [1.54, 1.807) is 17.1 Å². The van der Waals surface area contributed by atoms with E-state index in [0.717, 1.165) is 25.0 Å². The summed E-state index contributed by atoms with van der Waals surface area (Å²) in [5.41, 5.74) is 0.752. The number of hydrogen-bond donors (Lipinski definition) is 1. The molecule has 0 amide bonds. The minimum atomic E-state index is -0.782.